The third kappa shape index (κ3) is 2.64. The first-order chi connectivity index (χ1) is 7.25. The van der Waals surface area contributed by atoms with E-state index in [2.05, 4.69) is 5.32 Å². The molecule has 2 nitrogen and oxygen atoms in total. The van der Waals surface area contributed by atoms with Crippen LogP contribution < -0.4 is 11.1 Å². The molecule has 0 aliphatic heterocycles. The summed E-state index contributed by atoms with van der Waals surface area (Å²) >= 11 is 7.45. The molecule has 15 heavy (non-hydrogen) atoms. The number of rotatable bonds is 3. The minimum atomic E-state index is 0.746. The van der Waals surface area contributed by atoms with E-state index in [1.54, 1.807) is 11.3 Å². The van der Waals surface area contributed by atoms with Crippen LogP contribution in [-0.4, -0.2) is 0 Å². The summed E-state index contributed by atoms with van der Waals surface area (Å²) in [7, 11) is 0. The smallest absolute Gasteiger partial charge is 0.0514 e. The average Bonchev–Trinajstić information content (AvgIpc) is 2.63. The molecule has 0 amide bonds. The first kappa shape index (κ1) is 10.3. The Balaban J connectivity index is 1.99. The molecule has 0 saturated heterocycles. The molecular formula is C11H11ClN2S. The van der Waals surface area contributed by atoms with E-state index in [1.165, 1.54) is 0 Å². The van der Waals surface area contributed by atoms with Gasteiger partial charge in [0.1, 0.15) is 0 Å². The third-order valence-corrected chi connectivity index (χ3v) is 3.27. The summed E-state index contributed by atoms with van der Waals surface area (Å²) in [5.74, 6) is 0. The summed E-state index contributed by atoms with van der Waals surface area (Å²) in [4.78, 5) is 1.16. The Kier molecular flexibility index (Phi) is 3.14. The fraction of sp³-hybridized carbons (Fsp3) is 0.0909. The number of anilines is 2. The van der Waals surface area contributed by atoms with Crippen LogP contribution in [0, 0.1) is 0 Å². The van der Waals surface area contributed by atoms with Crippen molar-refractivity contribution < 1.29 is 0 Å². The Bertz CT molecular complexity index is 436. The molecule has 0 fully saturated rings. The van der Waals surface area contributed by atoms with E-state index in [0.29, 0.717) is 0 Å². The van der Waals surface area contributed by atoms with Gasteiger partial charge in [0.25, 0.3) is 0 Å². The van der Waals surface area contributed by atoms with Crippen LogP contribution in [0.2, 0.25) is 5.02 Å². The number of benzene rings is 1. The number of halogens is 1. The van der Waals surface area contributed by atoms with E-state index in [-0.39, 0.29) is 0 Å². The minimum absolute atomic E-state index is 0.746. The second kappa shape index (κ2) is 4.55. The molecule has 3 N–H and O–H groups in total. The summed E-state index contributed by atoms with van der Waals surface area (Å²) in [6, 6.07) is 9.55. The lowest BCUT2D eigenvalue weighted by atomic mass is 10.3. The summed E-state index contributed by atoms with van der Waals surface area (Å²) in [6.07, 6.45) is 0. The molecule has 0 radical (unpaired) electrons. The molecule has 0 aliphatic carbocycles. The van der Waals surface area contributed by atoms with Gasteiger partial charge in [-0.25, -0.2) is 0 Å². The van der Waals surface area contributed by atoms with E-state index in [1.807, 2.05) is 35.7 Å². The minimum Gasteiger partial charge on any atom is -0.398 e. The highest BCUT2D eigenvalue weighted by Crippen LogP contribution is 2.21. The van der Waals surface area contributed by atoms with Crippen LogP contribution >= 0.6 is 22.9 Å². The molecule has 0 unspecified atom stereocenters. The van der Waals surface area contributed by atoms with E-state index in [0.717, 1.165) is 27.8 Å². The maximum atomic E-state index is 5.79. The van der Waals surface area contributed by atoms with Crippen molar-refractivity contribution in [1.29, 1.82) is 0 Å². The average molecular weight is 239 g/mol. The molecule has 78 valence electrons. The normalized spacial score (nSPS) is 10.2. The number of thiophene rings is 1. The van der Waals surface area contributed by atoms with Crippen molar-refractivity contribution in [3.8, 4) is 0 Å². The predicted octanol–water partition coefficient (Wildman–Crippen LogP) is 3.60. The highest BCUT2D eigenvalue weighted by Gasteiger charge is 1.99. The maximum absolute atomic E-state index is 5.79. The Morgan fingerprint density at radius 1 is 1.20 bits per heavy atom. The third-order valence-electron chi connectivity index (χ3n) is 2.08. The summed E-state index contributed by atoms with van der Waals surface area (Å²) in [6.45, 7) is 0.755. The van der Waals surface area contributed by atoms with Crippen LogP contribution in [0.4, 0.5) is 11.4 Å². The zero-order valence-corrected chi connectivity index (χ0v) is 9.61. The molecule has 0 atom stereocenters. The zero-order valence-electron chi connectivity index (χ0n) is 8.03. The first-order valence-corrected chi connectivity index (χ1v) is 5.83. The van der Waals surface area contributed by atoms with Gasteiger partial charge in [0.15, 0.2) is 0 Å². The van der Waals surface area contributed by atoms with Crippen molar-refractivity contribution in [3.63, 3.8) is 0 Å². The molecule has 4 heteroatoms. The fourth-order valence-corrected chi connectivity index (χ4v) is 2.11. The van der Waals surface area contributed by atoms with Gasteiger partial charge < -0.3 is 11.1 Å². The largest absolute Gasteiger partial charge is 0.398 e. The second-order valence-corrected chi connectivity index (χ2v) is 4.60. The van der Waals surface area contributed by atoms with Crippen LogP contribution in [0.1, 0.15) is 4.88 Å². The number of nitrogen functional groups attached to an aromatic ring is 1. The van der Waals surface area contributed by atoms with E-state index < -0.39 is 0 Å². The van der Waals surface area contributed by atoms with Crippen LogP contribution in [0.5, 0.6) is 0 Å². The van der Waals surface area contributed by atoms with Crippen LogP contribution in [0.25, 0.3) is 0 Å². The molecule has 1 aromatic heterocycles. The van der Waals surface area contributed by atoms with Gasteiger partial charge in [-0.05, 0) is 35.7 Å². The number of hydrogen-bond donors (Lipinski definition) is 2. The van der Waals surface area contributed by atoms with Gasteiger partial charge in [0.05, 0.1) is 6.54 Å². The number of hydrogen-bond acceptors (Lipinski definition) is 3. The Morgan fingerprint density at radius 3 is 2.53 bits per heavy atom. The van der Waals surface area contributed by atoms with Crippen LogP contribution in [0.15, 0.2) is 35.7 Å². The van der Waals surface area contributed by atoms with Gasteiger partial charge in [0, 0.05) is 21.3 Å². The molecule has 1 heterocycles. The Morgan fingerprint density at radius 2 is 1.93 bits per heavy atom. The number of nitrogens with one attached hydrogen (secondary N) is 1. The van der Waals surface area contributed by atoms with Gasteiger partial charge in [0.2, 0.25) is 0 Å². The zero-order chi connectivity index (χ0) is 10.7. The Hall–Kier alpha value is -1.19. The molecule has 0 bridgehead atoms. The molecule has 1 aromatic carbocycles. The molecule has 2 rings (SSSR count). The van der Waals surface area contributed by atoms with Gasteiger partial charge in [-0.15, -0.1) is 11.3 Å². The summed E-state index contributed by atoms with van der Waals surface area (Å²) in [5, 5.41) is 6.03. The first-order valence-electron chi connectivity index (χ1n) is 4.57. The lowest BCUT2D eigenvalue weighted by Crippen LogP contribution is -1.99. The molecular weight excluding hydrogens is 228 g/mol. The van der Waals surface area contributed by atoms with Crippen molar-refractivity contribution >= 4 is 34.3 Å². The lowest BCUT2D eigenvalue weighted by Gasteiger charge is -2.05. The maximum Gasteiger partial charge on any atom is 0.0514 e. The van der Waals surface area contributed by atoms with Gasteiger partial charge >= 0.3 is 0 Å². The Labute approximate surface area is 97.7 Å². The van der Waals surface area contributed by atoms with Crippen LogP contribution in [-0.2, 0) is 6.54 Å². The van der Waals surface area contributed by atoms with E-state index in [4.69, 9.17) is 17.3 Å². The summed E-state index contributed by atoms with van der Waals surface area (Å²) < 4.78 is 0. The SMILES string of the molecule is Nc1ccsc1CNc1ccc(Cl)cc1. The molecule has 0 spiro atoms. The molecule has 2 aromatic rings. The second-order valence-electron chi connectivity index (χ2n) is 3.16. The fourth-order valence-electron chi connectivity index (χ4n) is 1.24. The standard InChI is InChI=1S/C11H11ClN2S/c12-8-1-3-9(4-2-8)14-7-11-10(13)5-6-15-11/h1-6,14H,7,13H2. The summed E-state index contributed by atoms with van der Waals surface area (Å²) in [5.41, 5.74) is 7.68. The van der Waals surface area contributed by atoms with Crippen molar-refractivity contribution in [2.75, 3.05) is 11.1 Å². The highest BCUT2D eigenvalue weighted by atomic mass is 35.5. The van der Waals surface area contributed by atoms with Crippen molar-refractivity contribution in [1.82, 2.24) is 0 Å². The number of nitrogens with two attached hydrogens (primary N) is 1. The molecule has 0 aliphatic rings. The van der Waals surface area contributed by atoms with E-state index >= 15 is 0 Å². The van der Waals surface area contributed by atoms with Gasteiger partial charge in [-0.3, -0.25) is 0 Å². The van der Waals surface area contributed by atoms with Crippen molar-refractivity contribution in [3.05, 3.63) is 45.6 Å². The predicted molar refractivity (Wildman–Crippen MR) is 67.5 cm³/mol. The van der Waals surface area contributed by atoms with E-state index in [9.17, 15) is 0 Å². The lowest BCUT2D eigenvalue weighted by molar-refractivity contribution is 1.20. The van der Waals surface area contributed by atoms with Crippen molar-refractivity contribution in [2.24, 2.45) is 0 Å². The van der Waals surface area contributed by atoms with Crippen LogP contribution in [0.3, 0.4) is 0 Å². The monoisotopic (exact) mass is 238 g/mol. The topological polar surface area (TPSA) is 38.0 Å². The highest BCUT2D eigenvalue weighted by molar-refractivity contribution is 7.10. The van der Waals surface area contributed by atoms with Gasteiger partial charge in [-0.2, -0.15) is 0 Å². The molecule has 0 saturated carbocycles. The van der Waals surface area contributed by atoms with Gasteiger partial charge in [-0.1, -0.05) is 11.6 Å². The van der Waals surface area contributed by atoms with Crippen molar-refractivity contribution in [2.45, 2.75) is 6.54 Å². The quantitative estimate of drug-likeness (QED) is 0.858.